The van der Waals surface area contributed by atoms with Crippen molar-refractivity contribution in [1.29, 1.82) is 0 Å². The topological polar surface area (TPSA) is 116 Å². The Balaban J connectivity index is 4.01. The minimum Gasteiger partial charge on any atom is -0.481 e. The number of aliphatic carboxylic acids is 2. The molecule has 0 bridgehead atoms. The van der Waals surface area contributed by atoms with Gasteiger partial charge in [0.2, 0.25) is 0 Å². The molecule has 0 radical (unpaired) electrons. The van der Waals surface area contributed by atoms with Gasteiger partial charge in [0.25, 0.3) is 0 Å². The lowest BCUT2D eigenvalue weighted by Gasteiger charge is -2.11. The molecule has 0 aromatic heterocycles. The van der Waals surface area contributed by atoms with E-state index in [9.17, 15) is 14.4 Å². The van der Waals surface area contributed by atoms with Crippen LogP contribution in [0.2, 0.25) is 0 Å². The third-order valence-electron chi connectivity index (χ3n) is 1.69. The van der Waals surface area contributed by atoms with Crippen molar-refractivity contribution in [2.24, 2.45) is 5.92 Å². The lowest BCUT2D eigenvalue weighted by molar-refractivity contribution is -0.148. The van der Waals surface area contributed by atoms with Gasteiger partial charge in [0.05, 0.1) is 12.3 Å². The molecule has 4 N–H and O–H groups in total. The van der Waals surface area contributed by atoms with Gasteiger partial charge in [0, 0.05) is 13.1 Å². The zero-order valence-corrected chi connectivity index (χ0v) is 8.60. The Morgan fingerprint density at radius 3 is 2.31 bits per heavy atom. The Hall–Kier alpha value is -2.05. The summed E-state index contributed by atoms with van der Waals surface area (Å²) >= 11 is 0. The second-order valence-electron chi connectivity index (χ2n) is 3.01. The summed E-state index contributed by atoms with van der Waals surface area (Å²) in [7, 11) is 0. The van der Waals surface area contributed by atoms with Gasteiger partial charge in [-0.1, -0.05) is 6.08 Å². The number of amides is 2. The van der Waals surface area contributed by atoms with E-state index in [0.717, 1.165) is 0 Å². The number of rotatable bonds is 7. The first-order chi connectivity index (χ1) is 7.47. The van der Waals surface area contributed by atoms with Crippen LogP contribution in [0, 0.1) is 5.92 Å². The van der Waals surface area contributed by atoms with Crippen LogP contribution in [0.15, 0.2) is 12.7 Å². The molecule has 2 amide bonds. The molecule has 0 rings (SSSR count). The van der Waals surface area contributed by atoms with E-state index < -0.39 is 30.3 Å². The maximum atomic E-state index is 11.0. The quantitative estimate of drug-likeness (QED) is 0.446. The Bertz CT molecular complexity index is 290. The molecule has 16 heavy (non-hydrogen) atoms. The van der Waals surface area contributed by atoms with Crippen molar-refractivity contribution in [2.75, 3.05) is 13.1 Å². The monoisotopic (exact) mass is 230 g/mol. The molecular weight excluding hydrogens is 216 g/mol. The third kappa shape index (κ3) is 6.41. The van der Waals surface area contributed by atoms with E-state index in [-0.39, 0.29) is 13.1 Å². The lowest BCUT2D eigenvalue weighted by Crippen LogP contribution is -2.40. The van der Waals surface area contributed by atoms with E-state index in [1.54, 1.807) is 0 Å². The fourth-order valence-electron chi connectivity index (χ4n) is 0.901. The second kappa shape index (κ2) is 7.27. The molecule has 7 heteroatoms. The summed E-state index contributed by atoms with van der Waals surface area (Å²) in [6.07, 6.45) is 0.933. The maximum Gasteiger partial charge on any atom is 0.315 e. The van der Waals surface area contributed by atoms with Gasteiger partial charge in [-0.05, 0) is 0 Å². The highest BCUT2D eigenvalue weighted by atomic mass is 16.4. The first-order valence-corrected chi connectivity index (χ1v) is 4.54. The molecule has 0 aromatic rings. The Labute approximate surface area is 92.1 Å². The van der Waals surface area contributed by atoms with Gasteiger partial charge in [-0.15, -0.1) is 6.58 Å². The number of carbonyl (C=O) groups is 3. The summed E-state index contributed by atoms with van der Waals surface area (Å²) in [5, 5.41) is 21.7. The largest absolute Gasteiger partial charge is 0.481 e. The van der Waals surface area contributed by atoms with E-state index in [1.165, 1.54) is 6.08 Å². The van der Waals surface area contributed by atoms with Gasteiger partial charge in [-0.2, -0.15) is 0 Å². The van der Waals surface area contributed by atoms with Crippen molar-refractivity contribution in [1.82, 2.24) is 10.6 Å². The first kappa shape index (κ1) is 13.9. The minimum absolute atomic E-state index is 0.232. The highest BCUT2D eigenvalue weighted by Crippen LogP contribution is 2.01. The molecule has 1 atom stereocenters. The molecule has 0 spiro atoms. The predicted octanol–water partition coefficient (Wildman–Crippen LogP) is -0.353. The molecule has 0 aromatic carbocycles. The maximum absolute atomic E-state index is 11.0. The molecule has 0 aliphatic rings. The molecule has 0 saturated heterocycles. The Kier molecular flexibility index (Phi) is 6.34. The van der Waals surface area contributed by atoms with Crippen LogP contribution in [0.1, 0.15) is 6.42 Å². The number of carboxylic acid groups (broad SMARTS) is 2. The molecule has 1 unspecified atom stereocenters. The molecule has 0 aliphatic carbocycles. The number of carbonyl (C=O) groups excluding carboxylic acids is 1. The van der Waals surface area contributed by atoms with Crippen molar-refractivity contribution >= 4 is 18.0 Å². The summed E-state index contributed by atoms with van der Waals surface area (Å²) in [5.74, 6) is -3.61. The second-order valence-corrected chi connectivity index (χ2v) is 3.01. The van der Waals surface area contributed by atoms with Crippen molar-refractivity contribution in [2.45, 2.75) is 6.42 Å². The normalized spacial score (nSPS) is 11.2. The van der Waals surface area contributed by atoms with Crippen LogP contribution in [0.25, 0.3) is 0 Å². The zero-order valence-electron chi connectivity index (χ0n) is 8.60. The predicted molar refractivity (Wildman–Crippen MR) is 55.0 cm³/mol. The molecule has 90 valence electrons. The molecule has 7 nitrogen and oxygen atoms in total. The summed E-state index contributed by atoms with van der Waals surface area (Å²) in [5.41, 5.74) is 0. The summed E-state index contributed by atoms with van der Waals surface area (Å²) in [4.78, 5) is 31.9. The van der Waals surface area contributed by atoms with Gasteiger partial charge in [-0.25, -0.2) is 4.79 Å². The van der Waals surface area contributed by atoms with Crippen LogP contribution < -0.4 is 10.6 Å². The van der Waals surface area contributed by atoms with Crippen LogP contribution in [0.3, 0.4) is 0 Å². The van der Waals surface area contributed by atoms with E-state index in [4.69, 9.17) is 10.2 Å². The molecule has 0 aliphatic heterocycles. The van der Waals surface area contributed by atoms with Gasteiger partial charge in [0.1, 0.15) is 0 Å². The summed E-state index contributed by atoms with van der Waals surface area (Å²) in [6.45, 7) is 3.40. The standard InChI is InChI=1S/C9H14N2O5/c1-2-3-10-9(16)11-5-6(8(14)15)4-7(12)13/h2,6H,1,3-5H2,(H,12,13)(H,14,15)(H2,10,11,16). The SMILES string of the molecule is C=CCNC(=O)NCC(CC(=O)O)C(=O)O. The highest BCUT2D eigenvalue weighted by molar-refractivity contribution is 5.79. The van der Waals surface area contributed by atoms with E-state index in [1.807, 2.05) is 0 Å². The van der Waals surface area contributed by atoms with Gasteiger partial charge >= 0.3 is 18.0 Å². The van der Waals surface area contributed by atoms with Gasteiger partial charge < -0.3 is 20.8 Å². The first-order valence-electron chi connectivity index (χ1n) is 4.54. The number of hydrogen-bond donors (Lipinski definition) is 4. The summed E-state index contributed by atoms with van der Waals surface area (Å²) < 4.78 is 0. The lowest BCUT2D eigenvalue weighted by atomic mass is 10.1. The Morgan fingerprint density at radius 2 is 1.88 bits per heavy atom. The molecule has 0 saturated carbocycles. The number of nitrogens with one attached hydrogen (secondary N) is 2. The summed E-state index contributed by atoms with van der Waals surface area (Å²) in [6, 6.07) is -0.559. The van der Waals surface area contributed by atoms with E-state index >= 15 is 0 Å². The smallest absolute Gasteiger partial charge is 0.315 e. The molecule has 0 fully saturated rings. The minimum atomic E-state index is -1.26. The highest BCUT2D eigenvalue weighted by Gasteiger charge is 2.21. The average molecular weight is 230 g/mol. The molecule has 0 heterocycles. The van der Waals surface area contributed by atoms with Crippen molar-refractivity contribution in [3.8, 4) is 0 Å². The number of carboxylic acids is 2. The molecular formula is C9H14N2O5. The van der Waals surface area contributed by atoms with Crippen molar-refractivity contribution < 1.29 is 24.6 Å². The van der Waals surface area contributed by atoms with Crippen LogP contribution >= 0.6 is 0 Å². The van der Waals surface area contributed by atoms with Crippen LogP contribution in [-0.4, -0.2) is 41.3 Å². The number of hydrogen-bond acceptors (Lipinski definition) is 3. The van der Waals surface area contributed by atoms with E-state index in [0.29, 0.717) is 0 Å². The average Bonchev–Trinajstić information content (AvgIpc) is 2.20. The van der Waals surface area contributed by atoms with Crippen LogP contribution in [0.4, 0.5) is 4.79 Å². The van der Waals surface area contributed by atoms with Gasteiger partial charge in [0.15, 0.2) is 0 Å². The van der Waals surface area contributed by atoms with Crippen molar-refractivity contribution in [3.05, 3.63) is 12.7 Å². The number of urea groups is 1. The van der Waals surface area contributed by atoms with Gasteiger partial charge in [-0.3, -0.25) is 9.59 Å². The van der Waals surface area contributed by atoms with E-state index in [2.05, 4.69) is 17.2 Å². The fourth-order valence-corrected chi connectivity index (χ4v) is 0.901. The third-order valence-corrected chi connectivity index (χ3v) is 1.69. The van der Waals surface area contributed by atoms with Crippen molar-refractivity contribution in [3.63, 3.8) is 0 Å². The van der Waals surface area contributed by atoms with Crippen LogP contribution in [0.5, 0.6) is 0 Å². The zero-order chi connectivity index (χ0) is 12.6. The Morgan fingerprint density at radius 1 is 1.25 bits per heavy atom. The fraction of sp³-hybridized carbons (Fsp3) is 0.444. The van der Waals surface area contributed by atoms with Crippen LogP contribution in [-0.2, 0) is 9.59 Å².